The molecule has 0 radical (unpaired) electrons. The normalized spacial score (nSPS) is 18.9. The van der Waals surface area contributed by atoms with E-state index in [1.807, 2.05) is 0 Å². The van der Waals surface area contributed by atoms with Crippen LogP contribution in [0.2, 0.25) is 0 Å². The van der Waals surface area contributed by atoms with Crippen molar-refractivity contribution in [1.82, 2.24) is 29.9 Å². The Kier molecular flexibility index (Phi) is 8.03. The van der Waals surface area contributed by atoms with Gasteiger partial charge in [-0.05, 0) is 49.1 Å². The van der Waals surface area contributed by atoms with Crippen molar-refractivity contribution >= 4 is 17.5 Å². The van der Waals surface area contributed by atoms with Crippen LogP contribution in [0, 0.1) is 11.8 Å². The molecule has 10 nitrogen and oxygen atoms in total. The van der Waals surface area contributed by atoms with Crippen molar-refractivity contribution in [2.75, 3.05) is 7.11 Å². The van der Waals surface area contributed by atoms with E-state index in [-0.39, 0.29) is 49.2 Å². The minimum Gasteiger partial charge on any atom is -0.467 e. The number of imidazole rings is 1. The number of fused-ring (bicyclic) bond motifs is 1. The van der Waals surface area contributed by atoms with Gasteiger partial charge in [-0.1, -0.05) is 0 Å². The van der Waals surface area contributed by atoms with Crippen LogP contribution in [-0.2, 0) is 4.79 Å². The van der Waals surface area contributed by atoms with Gasteiger partial charge in [0.15, 0.2) is 5.65 Å². The van der Waals surface area contributed by atoms with Crippen LogP contribution in [0.1, 0.15) is 90.6 Å². The van der Waals surface area contributed by atoms with Gasteiger partial charge >= 0.3 is 12.2 Å². The van der Waals surface area contributed by atoms with Crippen molar-refractivity contribution in [3.63, 3.8) is 0 Å². The van der Waals surface area contributed by atoms with Gasteiger partial charge in [-0.2, -0.15) is 23.3 Å². The summed E-state index contributed by atoms with van der Waals surface area (Å²) in [4.78, 5) is 37.7. The summed E-state index contributed by atoms with van der Waals surface area (Å²) in [6.07, 6.45) is -0.532. The molecule has 5 rings (SSSR count). The van der Waals surface area contributed by atoms with Gasteiger partial charge in [0.2, 0.25) is 11.8 Å². The Morgan fingerprint density at radius 2 is 1.86 bits per heavy atom. The molecule has 2 saturated carbocycles. The zero-order chi connectivity index (χ0) is 30.2. The van der Waals surface area contributed by atoms with Gasteiger partial charge in [-0.15, -0.1) is 0 Å². The SMILES string of the molecule is COc1ncc([C@@H](c2cn3ncc([C@H](NC(=O)CCC(F)(F)F)C4CC4)cc3n2)C2CCC(F)(F)CC2)c(C(N)=O)n1. The predicted molar refractivity (Wildman–Crippen MR) is 138 cm³/mol. The third-order valence-electron chi connectivity index (χ3n) is 7.86. The second kappa shape index (κ2) is 11.4. The summed E-state index contributed by atoms with van der Waals surface area (Å²) < 4.78 is 72.5. The Bertz CT molecular complexity index is 1460. The van der Waals surface area contributed by atoms with E-state index in [1.165, 1.54) is 24.0 Å². The zero-order valence-electron chi connectivity index (χ0n) is 22.7. The van der Waals surface area contributed by atoms with E-state index >= 15 is 0 Å². The van der Waals surface area contributed by atoms with E-state index in [0.717, 1.165) is 12.8 Å². The van der Waals surface area contributed by atoms with Crippen molar-refractivity contribution in [1.29, 1.82) is 0 Å². The second-order valence-corrected chi connectivity index (χ2v) is 11.0. The first-order chi connectivity index (χ1) is 19.8. The van der Waals surface area contributed by atoms with Crippen molar-refractivity contribution in [2.24, 2.45) is 17.6 Å². The first-order valence-electron chi connectivity index (χ1n) is 13.6. The lowest BCUT2D eigenvalue weighted by Crippen LogP contribution is -2.30. The molecule has 226 valence electrons. The molecule has 3 N–H and O–H groups in total. The maximum absolute atomic E-state index is 14.1. The maximum Gasteiger partial charge on any atom is 0.389 e. The van der Waals surface area contributed by atoms with E-state index in [0.29, 0.717) is 22.5 Å². The molecule has 0 aliphatic heterocycles. The van der Waals surface area contributed by atoms with Gasteiger partial charge in [-0.25, -0.2) is 23.3 Å². The second-order valence-electron chi connectivity index (χ2n) is 11.0. The summed E-state index contributed by atoms with van der Waals surface area (Å²) in [6, 6.07) is 1.08. The predicted octanol–water partition coefficient (Wildman–Crippen LogP) is 4.49. The molecule has 2 aliphatic rings. The topological polar surface area (TPSA) is 137 Å². The van der Waals surface area contributed by atoms with E-state index in [4.69, 9.17) is 15.5 Å². The van der Waals surface area contributed by atoms with E-state index < -0.39 is 48.7 Å². The molecule has 0 unspecified atom stereocenters. The molecule has 0 spiro atoms. The Morgan fingerprint density at radius 1 is 1.14 bits per heavy atom. The number of nitrogens with zero attached hydrogens (tertiary/aromatic N) is 5. The summed E-state index contributed by atoms with van der Waals surface area (Å²) in [6.45, 7) is 0. The van der Waals surface area contributed by atoms with Crippen molar-refractivity contribution in [3.05, 3.63) is 47.2 Å². The molecular weight excluding hydrogens is 565 g/mol. The molecule has 3 heterocycles. The minimum absolute atomic E-state index is 0.0600. The Morgan fingerprint density at radius 3 is 2.48 bits per heavy atom. The zero-order valence-corrected chi connectivity index (χ0v) is 22.7. The standard InChI is InChI=1S/C27H30F5N7O3/c1-42-25-34-12-17(23(38-25)24(33)41)21(14-4-7-26(28,29)8-5-14)18-13-39-19(36-18)10-16(11-35-39)22(15-2-3-15)37-20(40)6-9-27(30,31)32/h10-15,21-22H,2-9H2,1H3,(H2,33,41)(H,37,40)/t21-,22+/m0/s1. The first-order valence-corrected chi connectivity index (χ1v) is 13.6. The molecule has 0 bridgehead atoms. The molecular formula is C27H30F5N7O3. The molecule has 3 aromatic heterocycles. The molecule has 0 saturated heterocycles. The van der Waals surface area contributed by atoms with Crippen LogP contribution in [0.4, 0.5) is 22.0 Å². The molecule has 2 fully saturated rings. The molecule has 2 amide bonds. The lowest BCUT2D eigenvalue weighted by Gasteiger charge is -2.33. The van der Waals surface area contributed by atoms with Crippen molar-refractivity contribution in [2.45, 2.75) is 75.4 Å². The van der Waals surface area contributed by atoms with Gasteiger partial charge in [-0.3, -0.25) is 9.59 Å². The number of amides is 2. The van der Waals surface area contributed by atoms with Crippen LogP contribution >= 0.6 is 0 Å². The number of methoxy groups -OCH3 is 1. The number of hydrogen-bond acceptors (Lipinski definition) is 7. The third kappa shape index (κ3) is 6.76. The molecule has 0 aromatic carbocycles. The summed E-state index contributed by atoms with van der Waals surface area (Å²) in [5.41, 5.74) is 7.25. The smallest absolute Gasteiger partial charge is 0.389 e. The maximum atomic E-state index is 14.1. The first kappa shape index (κ1) is 29.6. The lowest BCUT2D eigenvalue weighted by molar-refractivity contribution is -0.144. The lowest BCUT2D eigenvalue weighted by atomic mass is 9.74. The third-order valence-corrected chi connectivity index (χ3v) is 7.86. The number of carbonyl (C=O) groups is 2. The van der Waals surface area contributed by atoms with Crippen LogP contribution in [0.5, 0.6) is 6.01 Å². The number of hydrogen-bond donors (Lipinski definition) is 2. The highest BCUT2D eigenvalue weighted by molar-refractivity contribution is 5.92. The summed E-state index contributed by atoms with van der Waals surface area (Å²) in [5, 5.41) is 7.13. The van der Waals surface area contributed by atoms with Crippen molar-refractivity contribution < 1.29 is 36.3 Å². The van der Waals surface area contributed by atoms with E-state index in [9.17, 15) is 31.5 Å². The van der Waals surface area contributed by atoms with Gasteiger partial charge in [0, 0.05) is 36.9 Å². The summed E-state index contributed by atoms with van der Waals surface area (Å²) in [7, 11) is 1.33. The molecule has 2 atom stereocenters. The van der Waals surface area contributed by atoms with Crippen LogP contribution in [0.3, 0.4) is 0 Å². The van der Waals surface area contributed by atoms with Crippen LogP contribution in [0.15, 0.2) is 24.7 Å². The number of rotatable bonds is 10. The number of halogens is 5. The fraction of sp³-hybridized carbons (Fsp3) is 0.556. The summed E-state index contributed by atoms with van der Waals surface area (Å²) >= 11 is 0. The average molecular weight is 596 g/mol. The number of ether oxygens (including phenoxy) is 1. The quantitative estimate of drug-likeness (QED) is 0.330. The van der Waals surface area contributed by atoms with Gasteiger partial charge in [0.1, 0.15) is 5.69 Å². The molecule has 2 aliphatic carbocycles. The molecule has 15 heteroatoms. The largest absolute Gasteiger partial charge is 0.467 e. The number of alkyl halides is 5. The minimum atomic E-state index is -4.44. The Hall–Kier alpha value is -3.91. The number of carbonyl (C=O) groups excluding carboxylic acids is 2. The van der Waals surface area contributed by atoms with Gasteiger partial charge in [0.25, 0.3) is 5.91 Å². The Balaban J connectivity index is 1.49. The van der Waals surface area contributed by atoms with Crippen LogP contribution in [-0.4, -0.2) is 55.6 Å². The number of aromatic nitrogens is 5. The number of nitrogens with two attached hydrogens (primary N) is 1. The van der Waals surface area contributed by atoms with Gasteiger partial charge < -0.3 is 15.8 Å². The monoisotopic (exact) mass is 595 g/mol. The summed E-state index contributed by atoms with van der Waals surface area (Å²) in [5.74, 6) is -5.28. The molecule has 42 heavy (non-hydrogen) atoms. The van der Waals surface area contributed by atoms with Crippen LogP contribution < -0.4 is 15.8 Å². The van der Waals surface area contributed by atoms with Crippen molar-refractivity contribution in [3.8, 4) is 6.01 Å². The highest BCUT2D eigenvalue weighted by Gasteiger charge is 2.41. The van der Waals surface area contributed by atoms with E-state index in [2.05, 4.69) is 20.4 Å². The Labute approximate surface area is 237 Å². The van der Waals surface area contributed by atoms with Crippen LogP contribution in [0.25, 0.3) is 5.65 Å². The number of primary amides is 1. The average Bonchev–Trinajstić information content (AvgIpc) is 3.69. The van der Waals surface area contributed by atoms with E-state index in [1.54, 1.807) is 12.3 Å². The fourth-order valence-corrected chi connectivity index (χ4v) is 5.58. The highest BCUT2D eigenvalue weighted by Crippen LogP contribution is 2.46. The number of nitrogens with one attached hydrogen (secondary N) is 1. The van der Waals surface area contributed by atoms with Gasteiger partial charge in [0.05, 0.1) is 37.7 Å². The molecule has 3 aromatic rings. The fourth-order valence-electron chi connectivity index (χ4n) is 5.58. The highest BCUT2D eigenvalue weighted by atomic mass is 19.4.